The largest absolute Gasteiger partial charge is 0.317 e. The molecule has 0 atom stereocenters. The number of piperidine rings is 1. The first-order valence-corrected chi connectivity index (χ1v) is 5.41. The SMILES string of the molecule is c1cnc(CCC2CCNCC2)cn1. The molecule has 1 aromatic rings. The lowest BCUT2D eigenvalue weighted by Gasteiger charge is -2.22. The third kappa shape index (κ3) is 2.77. The Bertz CT molecular complexity index is 254. The van der Waals surface area contributed by atoms with Crippen LogP contribution in [0.5, 0.6) is 0 Å². The second-order valence-corrected chi connectivity index (χ2v) is 3.93. The lowest BCUT2D eigenvalue weighted by molar-refractivity contribution is 0.353. The average Bonchev–Trinajstić information content (AvgIpc) is 2.29. The summed E-state index contributed by atoms with van der Waals surface area (Å²) in [7, 11) is 0. The maximum atomic E-state index is 4.29. The molecule has 1 aromatic heterocycles. The molecule has 0 radical (unpaired) electrons. The van der Waals surface area contributed by atoms with Crippen LogP contribution in [0.25, 0.3) is 0 Å². The molecule has 3 nitrogen and oxygen atoms in total. The van der Waals surface area contributed by atoms with Gasteiger partial charge in [0.2, 0.25) is 0 Å². The summed E-state index contributed by atoms with van der Waals surface area (Å²) in [4.78, 5) is 8.36. The molecular weight excluding hydrogens is 174 g/mol. The first-order valence-electron chi connectivity index (χ1n) is 5.41. The Balaban J connectivity index is 1.76. The fourth-order valence-corrected chi connectivity index (χ4v) is 1.98. The van der Waals surface area contributed by atoms with Crippen molar-refractivity contribution in [1.82, 2.24) is 15.3 Å². The molecule has 2 rings (SSSR count). The van der Waals surface area contributed by atoms with Crippen LogP contribution in [0.15, 0.2) is 18.6 Å². The van der Waals surface area contributed by atoms with Gasteiger partial charge in [-0.25, -0.2) is 0 Å². The summed E-state index contributed by atoms with van der Waals surface area (Å²) in [5.74, 6) is 0.887. The monoisotopic (exact) mass is 191 g/mol. The zero-order valence-electron chi connectivity index (χ0n) is 8.45. The number of nitrogens with one attached hydrogen (secondary N) is 1. The van der Waals surface area contributed by atoms with Crippen LogP contribution in [0.1, 0.15) is 25.0 Å². The highest BCUT2D eigenvalue weighted by atomic mass is 14.9. The van der Waals surface area contributed by atoms with E-state index in [2.05, 4.69) is 15.3 Å². The Kier molecular flexibility index (Phi) is 3.46. The molecule has 1 aliphatic rings. The van der Waals surface area contributed by atoms with Gasteiger partial charge >= 0.3 is 0 Å². The minimum Gasteiger partial charge on any atom is -0.317 e. The minimum absolute atomic E-state index is 0.887. The molecule has 1 saturated heterocycles. The summed E-state index contributed by atoms with van der Waals surface area (Å²) in [6, 6.07) is 0. The van der Waals surface area contributed by atoms with Gasteiger partial charge in [0.15, 0.2) is 0 Å². The predicted molar refractivity (Wildman–Crippen MR) is 55.9 cm³/mol. The van der Waals surface area contributed by atoms with Crippen LogP contribution in [0.4, 0.5) is 0 Å². The molecule has 0 spiro atoms. The van der Waals surface area contributed by atoms with Gasteiger partial charge in [-0.3, -0.25) is 9.97 Å². The van der Waals surface area contributed by atoms with Crippen molar-refractivity contribution in [2.24, 2.45) is 5.92 Å². The van der Waals surface area contributed by atoms with Crippen LogP contribution < -0.4 is 5.32 Å². The molecule has 0 aliphatic carbocycles. The molecule has 3 heteroatoms. The molecule has 2 heterocycles. The average molecular weight is 191 g/mol. The fraction of sp³-hybridized carbons (Fsp3) is 0.636. The van der Waals surface area contributed by atoms with Crippen molar-refractivity contribution in [3.05, 3.63) is 24.3 Å². The van der Waals surface area contributed by atoms with Crippen molar-refractivity contribution in [2.45, 2.75) is 25.7 Å². The van der Waals surface area contributed by atoms with Crippen LogP contribution in [0.2, 0.25) is 0 Å². The molecule has 0 bridgehead atoms. The standard InChI is InChI=1S/C11H17N3/c1(10-3-5-12-6-4-10)2-11-9-13-7-8-14-11/h7-10,12H,1-6H2. The van der Waals surface area contributed by atoms with Crippen molar-refractivity contribution in [2.75, 3.05) is 13.1 Å². The van der Waals surface area contributed by atoms with E-state index < -0.39 is 0 Å². The van der Waals surface area contributed by atoms with E-state index in [4.69, 9.17) is 0 Å². The van der Waals surface area contributed by atoms with E-state index in [1.165, 1.54) is 32.4 Å². The summed E-state index contributed by atoms with van der Waals surface area (Å²) in [5, 5.41) is 3.38. The lowest BCUT2D eigenvalue weighted by Crippen LogP contribution is -2.27. The van der Waals surface area contributed by atoms with Crippen molar-refractivity contribution in [1.29, 1.82) is 0 Å². The Hall–Kier alpha value is -0.960. The van der Waals surface area contributed by atoms with E-state index in [1.807, 2.05) is 6.20 Å². The van der Waals surface area contributed by atoms with Gasteiger partial charge < -0.3 is 5.32 Å². The highest BCUT2D eigenvalue weighted by molar-refractivity contribution is 4.94. The van der Waals surface area contributed by atoms with E-state index in [-0.39, 0.29) is 0 Å². The van der Waals surface area contributed by atoms with Crippen molar-refractivity contribution < 1.29 is 0 Å². The molecule has 0 amide bonds. The Morgan fingerprint density at radius 3 is 2.86 bits per heavy atom. The summed E-state index contributed by atoms with van der Waals surface area (Å²) in [6.07, 6.45) is 10.4. The molecule has 1 fully saturated rings. The zero-order chi connectivity index (χ0) is 9.64. The number of aryl methyl sites for hydroxylation is 1. The molecule has 0 saturated carbocycles. The van der Waals surface area contributed by atoms with Gasteiger partial charge in [0.1, 0.15) is 0 Å². The second kappa shape index (κ2) is 5.05. The zero-order valence-corrected chi connectivity index (χ0v) is 8.45. The summed E-state index contributed by atoms with van der Waals surface area (Å²) in [6.45, 7) is 2.37. The lowest BCUT2D eigenvalue weighted by atomic mass is 9.93. The van der Waals surface area contributed by atoms with Crippen LogP contribution in [0, 0.1) is 5.92 Å². The van der Waals surface area contributed by atoms with Gasteiger partial charge in [-0.2, -0.15) is 0 Å². The molecule has 76 valence electrons. The third-order valence-electron chi connectivity index (χ3n) is 2.88. The normalized spacial score (nSPS) is 18.3. The van der Waals surface area contributed by atoms with E-state index in [0.29, 0.717) is 0 Å². The Labute approximate surface area is 85.0 Å². The highest BCUT2D eigenvalue weighted by Gasteiger charge is 2.12. The first-order chi connectivity index (χ1) is 6.95. The number of rotatable bonds is 3. The first kappa shape index (κ1) is 9.59. The number of hydrogen-bond donors (Lipinski definition) is 1. The number of hydrogen-bond acceptors (Lipinski definition) is 3. The highest BCUT2D eigenvalue weighted by Crippen LogP contribution is 2.17. The number of nitrogens with zero attached hydrogens (tertiary/aromatic N) is 2. The van der Waals surface area contributed by atoms with Crippen molar-refractivity contribution in [3.8, 4) is 0 Å². The predicted octanol–water partition coefficient (Wildman–Crippen LogP) is 1.41. The van der Waals surface area contributed by atoms with E-state index in [0.717, 1.165) is 18.0 Å². The maximum Gasteiger partial charge on any atom is 0.0586 e. The molecule has 1 N–H and O–H groups in total. The smallest absolute Gasteiger partial charge is 0.0586 e. The van der Waals surface area contributed by atoms with Gasteiger partial charge in [0.05, 0.1) is 5.69 Å². The fourth-order valence-electron chi connectivity index (χ4n) is 1.98. The van der Waals surface area contributed by atoms with Gasteiger partial charge in [-0.1, -0.05) is 0 Å². The van der Waals surface area contributed by atoms with E-state index >= 15 is 0 Å². The topological polar surface area (TPSA) is 37.8 Å². The maximum absolute atomic E-state index is 4.29. The third-order valence-corrected chi connectivity index (χ3v) is 2.88. The molecular formula is C11H17N3. The molecule has 0 aromatic carbocycles. The van der Waals surface area contributed by atoms with Crippen LogP contribution in [-0.2, 0) is 6.42 Å². The Morgan fingerprint density at radius 1 is 1.29 bits per heavy atom. The summed E-state index contributed by atoms with van der Waals surface area (Å²) >= 11 is 0. The van der Waals surface area contributed by atoms with Gasteiger partial charge in [0, 0.05) is 18.6 Å². The minimum atomic E-state index is 0.887. The summed E-state index contributed by atoms with van der Waals surface area (Å²) in [5.41, 5.74) is 1.13. The number of aromatic nitrogens is 2. The van der Waals surface area contributed by atoms with Crippen LogP contribution in [-0.4, -0.2) is 23.1 Å². The van der Waals surface area contributed by atoms with Gasteiger partial charge in [-0.15, -0.1) is 0 Å². The Morgan fingerprint density at radius 2 is 2.14 bits per heavy atom. The molecule has 1 aliphatic heterocycles. The van der Waals surface area contributed by atoms with Crippen molar-refractivity contribution in [3.63, 3.8) is 0 Å². The van der Waals surface area contributed by atoms with E-state index in [1.54, 1.807) is 12.4 Å². The second-order valence-electron chi connectivity index (χ2n) is 3.93. The van der Waals surface area contributed by atoms with Gasteiger partial charge in [-0.05, 0) is 44.7 Å². The van der Waals surface area contributed by atoms with Crippen molar-refractivity contribution >= 4 is 0 Å². The molecule has 0 unspecified atom stereocenters. The molecule has 14 heavy (non-hydrogen) atoms. The quantitative estimate of drug-likeness (QED) is 0.785. The van der Waals surface area contributed by atoms with Gasteiger partial charge in [0.25, 0.3) is 0 Å². The van der Waals surface area contributed by atoms with Crippen LogP contribution in [0.3, 0.4) is 0 Å². The van der Waals surface area contributed by atoms with Crippen LogP contribution >= 0.6 is 0 Å². The van der Waals surface area contributed by atoms with E-state index in [9.17, 15) is 0 Å². The summed E-state index contributed by atoms with van der Waals surface area (Å²) < 4.78 is 0.